The van der Waals surface area contributed by atoms with Crippen molar-refractivity contribution in [3.8, 4) is 0 Å². The lowest BCUT2D eigenvalue weighted by atomic mass is 9.84. The van der Waals surface area contributed by atoms with Gasteiger partial charge in [-0.25, -0.2) is 4.39 Å². The third-order valence-electron chi connectivity index (χ3n) is 4.20. The van der Waals surface area contributed by atoms with Gasteiger partial charge in [0.25, 0.3) is 0 Å². The molecule has 0 bridgehead atoms. The van der Waals surface area contributed by atoms with E-state index in [1.807, 2.05) is 52.0 Å². The minimum atomic E-state index is -0.716. The van der Waals surface area contributed by atoms with E-state index in [0.29, 0.717) is 6.54 Å². The molecular formula is C20H25FN2O. The van der Waals surface area contributed by atoms with Crippen molar-refractivity contribution in [2.45, 2.75) is 39.2 Å². The zero-order valence-electron chi connectivity index (χ0n) is 14.7. The molecule has 1 unspecified atom stereocenters. The predicted octanol–water partition coefficient (Wildman–Crippen LogP) is 3.54. The zero-order chi connectivity index (χ0) is 17.9. The van der Waals surface area contributed by atoms with Gasteiger partial charge in [-0.1, -0.05) is 55.3 Å². The number of amides is 1. The van der Waals surface area contributed by atoms with Gasteiger partial charge in [-0.05, 0) is 37.1 Å². The first-order valence-electron chi connectivity index (χ1n) is 8.06. The molecule has 3 nitrogen and oxygen atoms in total. The number of rotatable bonds is 5. The number of nitrogens with two attached hydrogens (primary N) is 1. The van der Waals surface area contributed by atoms with Crippen molar-refractivity contribution in [3.63, 3.8) is 0 Å². The molecule has 3 N–H and O–H groups in total. The molecule has 2 aromatic rings. The molecule has 0 aromatic heterocycles. The number of hydrogen-bond acceptors (Lipinski definition) is 2. The van der Waals surface area contributed by atoms with Gasteiger partial charge in [-0.2, -0.15) is 0 Å². The first-order chi connectivity index (χ1) is 11.2. The van der Waals surface area contributed by atoms with Crippen molar-refractivity contribution >= 4 is 5.91 Å². The summed E-state index contributed by atoms with van der Waals surface area (Å²) in [5.74, 6) is -0.511. The Morgan fingerprint density at radius 1 is 1.17 bits per heavy atom. The van der Waals surface area contributed by atoms with E-state index in [-0.39, 0.29) is 17.1 Å². The highest BCUT2D eigenvalue weighted by Crippen LogP contribution is 2.23. The second-order valence-electron chi connectivity index (χ2n) is 7.01. The van der Waals surface area contributed by atoms with Crippen LogP contribution in [0.2, 0.25) is 0 Å². The van der Waals surface area contributed by atoms with Crippen LogP contribution in [0.25, 0.3) is 0 Å². The van der Waals surface area contributed by atoms with Gasteiger partial charge >= 0.3 is 0 Å². The van der Waals surface area contributed by atoms with Crippen LogP contribution in [0.15, 0.2) is 42.5 Å². The van der Waals surface area contributed by atoms with Gasteiger partial charge < -0.3 is 11.1 Å². The van der Waals surface area contributed by atoms with Gasteiger partial charge in [-0.3, -0.25) is 4.79 Å². The van der Waals surface area contributed by atoms with Crippen LogP contribution in [0.4, 0.5) is 4.39 Å². The molecule has 0 spiro atoms. The zero-order valence-corrected chi connectivity index (χ0v) is 14.7. The molecule has 0 fully saturated rings. The molecule has 0 aliphatic heterocycles. The van der Waals surface area contributed by atoms with Crippen LogP contribution in [0.1, 0.15) is 42.1 Å². The van der Waals surface area contributed by atoms with Crippen LogP contribution in [-0.2, 0) is 10.2 Å². The van der Waals surface area contributed by atoms with E-state index in [4.69, 9.17) is 5.73 Å². The fourth-order valence-electron chi connectivity index (χ4n) is 2.77. The molecule has 0 heterocycles. The average molecular weight is 328 g/mol. The lowest BCUT2D eigenvalue weighted by Crippen LogP contribution is -2.41. The van der Waals surface area contributed by atoms with Gasteiger partial charge in [0.2, 0.25) is 5.91 Å². The summed E-state index contributed by atoms with van der Waals surface area (Å²) in [5.41, 5.74) is 9.50. The highest BCUT2D eigenvalue weighted by Gasteiger charge is 2.24. The highest BCUT2D eigenvalue weighted by atomic mass is 19.1. The SMILES string of the molecule is Cc1cc(C)cc(C(N)C(=O)NCC(C)(C)c2cccc(F)c2)c1. The summed E-state index contributed by atoms with van der Waals surface area (Å²) < 4.78 is 13.4. The summed E-state index contributed by atoms with van der Waals surface area (Å²) in [4.78, 5) is 12.4. The molecule has 1 amide bonds. The normalized spacial score (nSPS) is 12.8. The summed E-state index contributed by atoms with van der Waals surface area (Å²) in [6.45, 7) is 8.27. The molecule has 0 radical (unpaired) electrons. The van der Waals surface area contributed by atoms with Gasteiger partial charge in [0.1, 0.15) is 11.9 Å². The Morgan fingerprint density at radius 3 is 2.38 bits per heavy atom. The smallest absolute Gasteiger partial charge is 0.241 e. The van der Waals surface area contributed by atoms with Crippen molar-refractivity contribution in [1.29, 1.82) is 0 Å². The van der Waals surface area contributed by atoms with E-state index in [0.717, 1.165) is 22.3 Å². The lowest BCUT2D eigenvalue weighted by Gasteiger charge is -2.26. The van der Waals surface area contributed by atoms with E-state index in [1.54, 1.807) is 6.07 Å². The molecule has 24 heavy (non-hydrogen) atoms. The third kappa shape index (κ3) is 4.42. The molecule has 4 heteroatoms. The molecule has 0 aliphatic rings. The topological polar surface area (TPSA) is 55.1 Å². The van der Waals surface area contributed by atoms with Crippen molar-refractivity contribution in [2.24, 2.45) is 5.73 Å². The highest BCUT2D eigenvalue weighted by molar-refractivity contribution is 5.83. The van der Waals surface area contributed by atoms with Crippen molar-refractivity contribution in [1.82, 2.24) is 5.32 Å². The number of hydrogen-bond donors (Lipinski definition) is 2. The monoisotopic (exact) mass is 328 g/mol. The Labute approximate surface area is 143 Å². The van der Waals surface area contributed by atoms with Crippen LogP contribution in [0, 0.1) is 19.7 Å². The van der Waals surface area contributed by atoms with Crippen molar-refractivity contribution in [3.05, 3.63) is 70.5 Å². The maximum atomic E-state index is 13.4. The Balaban J connectivity index is 2.06. The third-order valence-corrected chi connectivity index (χ3v) is 4.20. The Bertz CT molecular complexity index is 720. The molecule has 0 saturated carbocycles. The van der Waals surface area contributed by atoms with E-state index < -0.39 is 6.04 Å². The van der Waals surface area contributed by atoms with Crippen LogP contribution < -0.4 is 11.1 Å². The fourth-order valence-corrected chi connectivity index (χ4v) is 2.77. The number of nitrogens with one attached hydrogen (secondary N) is 1. The minimum absolute atomic E-state index is 0.232. The lowest BCUT2D eigenvalue weighted by molar-refractivity contribution is -0.122. The molecule has 1 atom stereocenters. The molecule has 128 valence electrons. The predicted molar refractivity (Wildman–Crippen MR) is 95.3 cm³/mol. The minimum Gasteiger partial charge on any atom is -0.354 e. The second-order valence-corrected chi connectivity index (χ2v) is 7.01. The molecule has 2 rings (SSSR count). The first-order valence-corrected chi connectivity index (χ1v) is 8.06. The van der Waals surface area contributed by atoms with E-state index >= 15 is 0 Å². The van der Waals surface area contributed by atoms with E-state index in [1.165, 1.54) is 12.1 Å². The summed E-state index contributed by atoms with van der Waals surface area (Å²) >= 11 is 0. The summed E-state index contributed by atoms with van der Waals surface area (Å²) in [7, 11) is 0. The standard InChI is InChI=1S/C20H25FN2O/c1-13-8-14(2)10-15(9-13)18(22)19(24)23-12-20(3,4)16-6-5-7-17(21)11-16/h5-11,18H,12,22H2,1-4H3,(H,23,24). The number of halogens is 1. The molecule has 0 saturated heterocycles. The average Bonchev–Trinajstić information content (AvgIpc) is 2.51. The van der Waals surface area contributed by atoms with Crippen LogP contribution in [0.5, 0.6) is 0 Å². The summed E-state index contributed by atoms with van der Waals surface area (Å²) in [6.07, 6.45) is 0. The second kappa shape index (κ2) is 7.14. The first kappa shape index (κ1) is 18.1. The van der Waals surface area contributed by atoms with E-state index in [9.17, 15) is 9.18 Å². The fraction of sp³-hybridized carbons (Fsp3) is 0.350. The van der Waals surface area contributed by atoms with Crippen molar-refractivity contribution in [2.75, 3.05) is 6.54 Å². The van der Waals surface area contributed by atoms with Gasteiger partial charge in [0, 0.05) is 12.0 Å². The van der Waals surface area contributed by atoms with E-state index in [2.05, 4.69) is 5.32 Å². The van der Waals surface area contributed by atoms with Crippen LogP contribution in [0.3, 0.4) is 0 Å². The maximum absolute atomic E-state index is 13.4. The summed E-state index contributed by atoms with van der Waals surface area (Å²) in [5, 5.41) is 2.89. The Hall–Kier alpha value is -2.20. The summed E-state index contributed by atoms with van der Waals surface area (Å²) in [6, 6.07) is 11.6. The van der Waals surface area contributed by atoms with Crippen LogP contribution >= 0.6 is 0 Å². The number of aryl methyl sites for hydroxylation is 2. The molecule has 2 aromatic carbocycles. The van der Waals surface area contributed by atoms with Gasteiger partial charge in [0.15, 0.2) is 0 Å². The number of benzene rings is 2. The quantitative estimate of drug-likeness (QED) is 0.882. The maximum Gasteiger partial charge on any atom is 0.241 e. The molecular weight excluding hydrogens is 303 g/mol. The molecule has 0 aliphatic carbocycles. The van der Waals surface area contributed by atoms with Crippen LogP contribution in [-0.4, -0.2) is 12.5 Å². The van der Waals surface area contributed by atoms with Gasteiger partial charge in [0.05, 0.1) is 0 Å². The van der Waals surface area contributed by atoms with Gasteiger partial charge in [-0.15, -0.1) is 0 Å². The number of carbonyl (C=O) groups excluding carboxylic acids is 1. The van der Waals surface area contributed by atoms with Crippen molar-refractivity contribution < 1.29 is 9.18 Å². The number of carbonyl (C=O) groups is 1. The Kier molecular flexibility index (Phi) is 5.40. The Morgan fingerprint density at radius 2 is 1.79 bits per heavy atom. The largest absolute Gasteiger partial charge is 0.354 e.